The largest absolute Gasteiger partial charge is 0.225 e. The fourth-order valence-electron chi connectivity index (χ4n) is 2.75. The van der Waals surface area contributed by atoms with Crippen molar-refractivity contribution < 1.29 is 8.42 Å². The van der Waals surface area contributed by atoms with E-state index < -0.39 is 15.8 Å². The summed E-state index contributed by atoms with van der Waals surface area (Å²) in [6, 6.07) is 8.65. The number of nitriles is 1. The van der Waals surface area contributed by atoms with Crippen molar-refractivity contribution in [2.45, 2.75) is 31.7 Å². The van der Waals surface area contributed by atoms with Gasteiger partial charge in [-0.2, -0.15) is 5.26 Å². The molecule has 1 aromatic rings. The van der Waals surface area contributed by atoms with Gasteiger partial charge in [-0.15, -0.1) is 0 Å². The molecule has 1 unspecified atom stereocenters. The van der Waals surface area contributed by atoms with E-state index in [0.717, 1.165) is 31.2 Å². The van der Waals surface area contributed by atoms with Crippen LogP contribution >= 0.6 is 11.6 Å². The Bertz CT molecular complexity index is 604. The zero-order chi connectivity index (χ0) is 14.6. The molecule has 0 radical (unpaired) electrons. The molecule has 0 amide bonds. The second-order valence-electron chi connectivity index (χ2n) is 5.11. The number of halogens is 1. The zero-order valence-electron chi connectivity index (χ0n) is 11.0. The first-order chi connectivity index (χ1) is 9.52. The number of sulfonamides is 1. The van der Waals surface area contributed by atoms with Gasteiger partial charge in [-0.3, -0.25) is 0 Å². The molecular formula is C14H17ClN2O2S. The number of nitrogens with zero attached hydrogens (tertiary/aromatic N) is 1. The Morgan fingerprint density at radius 1 is 1.40 bits per heavy atom. The average Bonchev–Trinajstić information content (AvgIpc) is 2.89. The Hall–Kier alpha value is -1.09. The Labute approximate surface area is 124 Å². The van der Waals surface area contributed by atoms with Crippen LogP contribution in [0.3, 0.4) is 0 Å². The summed E-state index contributed by atoms with van der Waals surface area (Å²) in [6.45, 7) is 0. The smallest absolute Gasteiger partial charge is 0.211 e. The normalized spacial score (nSPS) is 17.8. The molecule has 1 saturated carbocycles. The molecule has 1 aromatic carbocycles. The van der Waals surface area contributed by atoms with Crippen LogP contribution in [0, 0.1) is 17.2 Å². The number of nitrogens with one attached hydrogen (secondary N) is 1. The van der Waals surface area contributed by atoms with Crippen molar-refractivity contribution in [3.8, 4) is 6.07 Å². The molecule has 20 heavy (non-hydrogen) atoms. The summed E-state index contributed by atoms with van der Waals surface area (Å²) in [4.78, 5) is 0. The van der Waals surface area contributed by atoms with Crippen LogP contribution in [0.2, 0.25) is 5.02 Å². The Morgan fingerprint density at radius 2 is 2.10 bits per heavy atom. The van der Waals surface area contributed by atoms with Crippen molar-refractivity contribution in [2.75, 3.05) is 5.75 Å². The summed E-state index contributed by atoms with van der Waals surface area (Å²) in [5, 5.41) is 9.19. The van der Waals surface area contributed by atoms with E-state index in [9.17, 15) is 8.42 Å². The van der Waals surface area contributed by atoms with Crippen molar-refractivity contribution >= 4 is 21.6 Å². The second kappa shape index (κ2) is 6.57. The Morgan fingerprint density at radius 3 is 2.70 bits per heavy atom. The van der Waals surface area contributed by atoms with Crippen molar-refractivity contribution in [1.29, 1.82) is 5.26 Å². The third-order valence-corrected chi connectivity index (χ3v) is 5.00. The van der Waals surface area contributed by atoms with E-state index in [4.69, 9.17) is 16.9 Å². The van der Waals surface area contributed by atoms with Crippen LogP contribution in [0.25, 0.3) is 0 Å². The summed E-state index contributed by atoms with van der Waals surface area (Å²) >= 11 is 6.00. The highest BCUT2D eigenvalue weighted by Crippen LogP contribution is 2.36. The summed E-state index contributed by atoms with van der Waals surface area (Å²) < 4.78 is 26.4. The van der Waals surface area contributed by atoms with Gasteiger partial charge in [0.05, 0.1) is 6.07 Å². The molecule has 0 saturated heterocycles. The Balaban J connectivity index is 2.28. The fourth-order valence-corrected chi connectivity index (χ4v) is 3.91. The average molecular weight is 313 g/mol. The maximum Gasteiger partial charge on any atom is 0.225 e. The summed E-state index contributed by atoms with van der Waals surface area (Å²) in [7, 11) is -3.58. The third kappa shape index (κ3) is 3.95. The first-order valence-electron chi connectivity index (χ1n) is 6.64. The molecule has 0 aromatic heterocycles. The summed E-state index contributed by atoms with van der Waals surface area (Å²) in [6.07, 6.45) is 4.21. The molecule has 0 spiro atoms. The molecule has 1 aliphatic carbocycles. The molecule has 6 heteroatoms. The van der Waals surface area contributed by atoms with E-state index >= 15 is 0 Å². The quantitative estimate of drug-likeness (QED) is 0.908. The molecule has 1 N–H and O–H groups in total. The van der Waals surface area contributed by atoms with Crippen LogP contribution in [0.15, 0.2) is 24.3 Å². The van der Waals surface area contributed by atoms with Crippen molar-refractivity contribution in [2.24, 2.45) is 5.92 Å². The maximum atomic E-state index is 11.9. The van der Waals surface area contributed by atoms with E-state index in [1.54, 1.807) is 18.2 Å². The van der Waals surface area contributed by atoms with Crippen molar-refractivity contribution in [3.63, 3.8) is 0 Å². The van der Waals surface area contributed by atoms with E-state index in [0.29, 0.717) is 5.02 Å². The van der Waals surface area contributed by atoms with Gasteiger partial charge in [0.25, 0.3) is 0 Å². The first kappa shape index (κ1) is 15.3. The SMILES string of the molecule is N#CCS(=O)(=O)NC(c1cccc(Cl)c1)C1CCCC1. The maximum absolute atomic E-state index is 11.9. The predicted octanol–water partition coefficient (Wildman–Crippen LogP) is 3.01. The van der Waals surface area contributed by atoms with Gasteiger partial charge in [-0.05, 0) is 36.5 Å². The van der Waals surface area contributed by atoms with Crippen LogP contribution < -0.4 is 4.72 Å². The minimum atomic E-state index is -3.58. The van der Waals surface area contributed by atoms with E-state index in [-0.39, 0.29) is 12.0 Å². The van der Waals surface area contributed by atoms with E-state index in [1.165, 1.54) is 0 Å². The number of rotatable bonds is 5. The zero-order valence-corrected chi connectivity index (χ0v) is 12.6. The van der Waals surface area contributed by atoms with Crippen LogP contribution in [0.1, 0.15) is 37.3 Å². The van der Waals surface area contributed by atoms with Gasteiger partial charge in [0.1, 0.15) is 0 Å². The molecule has 2 rings (SSSR count). The fraction of sp³-hybridized carbons (Fsp3) is 0.500. The van der Waals surface area contributed by atoms with Gasteiger partial charge < -0.3 is 0 Å². The molecule has 1 aliphatic rings. The summed E-state index contributed by atoms with van der Waals surface area (Å²) in [5.74, 6) is -0.251. The molecule has 1 atom stereocenters. The molecule has 0 bridgehead atoms. The minimum absolute atomic E-state index is 0.266. The highest BCUT2D eigenvalue weighted by molar-refractivity contribution is 7.89. The molecular weight excluding hydrogens is 296 g/mol. The standard InChI is InChI=1S/C14H17ClN2O2S/c15-13-7-3-6-12(10-13)14(11-4-1-2-5-11)17-20(18,19)9-8-16/h3,6-7,10-11,14,17H,1-2,4-5,9H2. The second-order valence-corrected chi connectivity index (χ2v) is 7.30. The molecule has 0 aliphatic heterocycles. The number of hydrogen-bond donors (Lipinski definition) is 1. The van der Waals surface area contributed by atoms with Gasteiger partial charge in [-0.25, -0.2) is 13.1 Å². The number of hydrogen-bond acceptors (Lipinski definition) is 3. The lowest BCUT2D eigenvalue weighted by Gasteiger charge is -2.24. The van der Waals surface area contributed by atoms with Crippen LogP contribution in [0.4, 0.5) is 0 Å². The Kier molecular flexibility index (Phi) is 5.03. The lowest BCUT2D eigenvalue weighted by Crippen LogP contribution is -2.34. The van der Waals surface area contributed by atoms with E-state index in [1.807, 2.05) is 12.1 Å². The van der Waals surface area contributed by atoms with Gasteiger partial charge >= 0.3 is 0 Å². The summed E-state index contributed by atoms with van der Waals surface area (Å²) in [5.41, 5.74) is 0.867. The highest BCUT2D eigenvalue weighted by atomic mass is 35.5. The molecule has 108 valence electrons. The van der Waals surface area contributed by atoms with Gasteiger partial charge in [-0.1, -0.05) is 36.6 Å². The van der Waals surface area contributed by atoms with E-state index in [2.05, 4.69) is 4.72 Å². The highest BCUT2D eigenvalue weighted by Gasteiger charge is 2.29. The molecule has 4 nitrogen and oxygen atoms in total. The van der Waals surface area contributed by atoms with Crippen LogP contribution in [-0.2, 0) is 10.0 Å². The third-order valence-electron chi connectivity index (χ3n) is 3.64. The van der Waals surface area contributed by atoms with Crippen molar-refractivity contribution in [1.82, 2.24) is 4.72 Å². The monoisotopic (exact) mass is 312 g/mol. The minimum Gasteiger partial charge on any atom is -0.211 e. The number of benzene rings is 1. The predicted molar refractivity (Wildman–Crippen MR) is 78.7 cm³/mol. The van der Waals surface area contributed by atoms with Gasteiger partial charge in [0, 0.05) is 11.1 Å². The van der Waals surface area contributed by atoms with Crippen molar-refractivity contribution in [3.05, 3.63) is 34.9 Å². The van der Waals surface area contributed by atoms with Gasteiger partial charge in [0.2, 0.25) is 10.0 Å². The molecule has 0 heterocycles. The lowest BCUT2D eigenvalue weighted by molar-refractivity contribution is 0.411. The van der Waals surface area contributed by atoms with Crippen LogP contribution in [-0.4, -0.2) is 14.2 Å². The molecule has 1 fully saturated rings. The van der Waals surface area contributed by atoms with Crippen LogP contribution in [0.5, 0.6) is 0 Å². The van der Waals surface area contributed by atoms with Gasteiger partial charge in [0.15, 0.2) is 5.75 Å². The first-order valence-corrected chi connectivity index (χ1v) is 8.67. The topological polar surface area (TPSA) is 70.0 Å². The lowest BCUT2D eigenvalue weighted by atomic mass is 9.92.